The fraction of sp³-hybridized carbons (Fsp3) is 0.500. The zero-order chi connectivity index (χ0) is 15.4. The van der Waals surface area contributed by atoms with Crippen LogP contribution in [-0.2, 0) is 16.1 Å². The summed E-state index contributed by atoms with van der Waals surface area (Å²) in [5.74, 6) is 0. The van der Waals surface area contributed by atoms with Crippen LogP contribution in [-0.4, -0.2) is 42.3 Å². The fourth-order valence-electron chi connectivity index (χ4n) is 3.06. The predicted molar refractivity (Wildman–Crippen MR) is 79.3 cm³/mol. The Kier molecular flexibility index (Phi) is 4.18. The predicted octanol–water partition coefficient (Wildman–Crippen LogP) is 2.29. The van der Waals surface area contributed by atoms with E-state index in [4.69, 9.17) is 9.47 Å². The van der Waals surface area contributed by atoms with E-state index in [9.17, 15) is 9.59 Å². The van der Waals surface area contributed by atoms with Crippen molar-refractivity contribution < 1.29 is 19.1 Å². The fourth-order valence-corrected chi connectivity index (χ4v) is 3.06. The van der Waals surface area contributed by atoms with Crippen molar-refractivity contribution in [2.45, 2.75) is 31.4 Å². The molecule has 1 aromatic rings. The smallest absolute Gasteiger partial charge is 0.410 e. The molecule has 2 amide bonds. The van der Waals surface area contributed by atoms with Crippen LogP contribution >= 0.6 is 0 Å². The summed E-state index contributed by atoms with van der Waals surface area (Å²) in [5, 5.41) is 2.88. The van der Waals surface area contributed by atoms with Crippen molar-refractivity contribution in [3.05, 3.63) is 35.9 Å². The molecule has 6 nitrogen and oxygen atoms in total. The minimum absolute atomic E-state index is 0.263. The molecule has 1 atom stereocenters. The summed E-state index contributed by atoms with van der Waals surface area (Å²) in [7, 11) is 0. The van der Waals surface area contributed by atoms with Gasteiger partial charge in [0.15, 0.2) is 0 Å². The van der Waals surface area contributed by atoms with Crippen LogP contribution in [0.15, 0.2) is 30.3 Å². The van der Waals surface area contributed by atoms with Crippen LogP contribution < -0.4 is 5.32 Å². The standard InChI is InChI=1S/C16H20N2O4/c19-14-17-16(8-10-21-14)7-4-9-18(12-16)15(20)22-11-13-5-2-1-3-6-13/h1-3,5-6H,4,7-12H2,(H,17,19)/t16-/m1/s1. The van der Waals surface area contributed by atoms with E-state index in [0.717, 1.165) is 24.8 Å². The molecular formula is C16H20N2O4. The molecule has 2 aliphatic rings. The molecule has 2 fully saturated rings. The van der Waals surface area contributed by atoms with Gasteiger partial charge in [0.25, 0.3) is 0 Å². The van der Waals surface area contributed by atoms with E-state index < -0.39 is 6.09 Å². The number of hydrogen-bond donors (Lipinski definition) is 1. The summed E-state index contributed by atoms with van der Waals surface area (Å²) in [6, 6.07) is 9.59. The van der Waals surface area contributed by atoms with Crippen molar-refractivity contribution in [2.75, 3.05) is 19.7 Å². The lowest BCUT2D eigenvalue weighted by atomic mass is 9.85. The van der Waals surface area contributed by atoms with Gasteiger partial charge in [-0.3, -0.25) is 0 Å². The van der Waals surface area contributed by atoms with Gasteiger partial charge in [0.1, 0.15) is 6.61 Å². The summed E-state index contributed by atoms with van der Waals surface area (Å²) in [4.78, 5) is 25.4. The van der Waals surface area contributed by atoms with Gasteiger partial charge < -0.3 is 19.7 Å². The molecule has 1 N–H and O–H groups in total. The highest BCUT2D eigenvalue weighted by atomic mass is 16.6. The Morgan fingerprint density at radius 2 is 2.14 bits per heavy atom. The first kappa shape index (κ1) is 14.7. The van der Waals surface area contributed by atoms with Gasteiger partial charge >= 0.3 is 12.2 Å². The lowest BCUT2D eigenvalue weighted by molar-refractivity contribution is 0.0339. The van der Waals surface area contributed by atoms with Gasteiger partial charge in [-0.25, -0.2) is 9.59 Å². The van der Waals surface area contributed by atoms with Crippen LogP contribution in [0, 0.1) is 0 Å². The van der Waals surface area contributed by atoms with Crippen molar-refractivity contribution in [1.82, 2.24) is 10.2 Å². The molecule has 0 aliphatic carbocycles. The van der Waals surface area contributed by atoms with Gasteiger partial charge in [0, 0.05) is 19.5 Å². The van der Waals surface area contributed by atoms with Gasteiger partial charge in [0.05, 0.1) is 12.1 Å². The largest absolute Gasteiger partial charge is 0.449 e. The Morgan fingerprint density at radius 1 is 1.32 bits per heavy atom. The van der Waals surface area contributed by atoms with Crippen molar-refractivity contribution in [2.24, 2.45) is 0 Å². The molecule has 0 unspecified atom stereocenters. The van der Waals surface area contributed by atoms with Gasteiger partial charge in [-0.2, -0.15) is 0 Å². The van der Waals surface area contributed by atoms with Crippen LogP contribution in [0.3, 0.4) is 0 Å². The normalized spacial score (nSPS) is 24.5. The maximum Gasteiger partial charge on any atom is 0.410 e. The number of carbonyl (C=O) groups excluding carboxylic acids is 2. The number of nitrogens with one attached hydrogen (secondary N) is 1. The van der Waals surface area contributed by atoms with Crippen LogP contribution in [0.4, 0.5) is 9.59 Å². The van der Waals surface area contributed by atoms with E-state index in [2.05, 4.69) is 5.32 Å². The number of likely N-dealkylation sites (tertiary alicyclic amines) is 1. The molecule has 6 heteroatoms. The van der Waals surface area contributed by atoms with Crippen molar-refractivity contribution >= 4 is 12.2 Å². The first-order chi connectivity index (χ1) is 10.7. The molecule has 1 aromatic carbocycles. The lowest BCUT2D eigenvalue weighted by Gasteiger charge is -2.44. The molecule has 0 radical (unpaired) electrons. The molecule has 2 aliphatic heterocycles. The topological polar surface area (TPSA) is 67.9 Å². The molecular weight excluding hydrogens is 284 g/mol. The highest BCUT2D eigenvalue weighted by molar-refractivity contribution is 5.71. The number of amides is 2. The first-order valence-corrected chi connectivity index (χ1v) is 7.57. The third-order valence-electron chi connectivity index (χ3n) is 4.22. The molecule has 22 heavy (non-hydrogen) atoms. The van der Waals surface area contributed by atoms with Crippen LogP contribution in [0.25, 0.3) is 0 Å². The summed E-state index contributed by atoms with van der Waals surface area (Å²) in [6.45, 7) is 1.80. The minimum Gasteiger partial charge on any atom is -0.449 e. The van der Waals surface area contributed by atoms with Gasteiger partial charge in [0.2, 0.25) is 0 Å². The number of alkyl carbamates (subject to hydrolysis) is 1. The van der Waals surface area contributed by atoms with Gasteiger partial charge in [-0.15, -0.1) is 0 Å². The number of nitrogens with zero attached hydrogens (tertiary/aromatic N) is 1. The van der Waals surface area contributed by atoms with E-state index in [-0.39, 0.29) is 18.2 Å². The van der Waals surface area contributed by atoms with Crippen molar-refractivity contribution in [3.63, 3.8) is 0 Å². The molecule has 2 saturated heterocycles. The van der Waals surface area contributed by atoms with E-state index in [0.29, 0.717) is 19.7 Å². The third-order valence-corrected chi connectivity index (χ3v) is 4.22. The number of piperidine rings is 1. The first-order valence-electron chi connectivity index (χ1n) is 7.57. The lowest BCUT2D eigenvalue weighted by Crippen LogP contribution is -2.62. The zero-order valence-electron chi connectivity index (χ0n) is 12.4. The number of carbonyl (C=O) groups is 2. The second-order valence-electron chi connectivity index (χ2n) is 5.86. The van der Waals surface area contributed by atoms with Crippen LogP contribution in [0.2, 0.25) is 0 Å². The summed E-state index contributed by atoms with van der Waals surface area (Å²) < 4.78 is 10.3. The molecule has 3 rings (SSSR count). The summed E-state index contributed by atoms with van der Waals surface area (Å²) in [5.41, 5.74) is 0.598. The number of hydrogen-bond acceptors (Lipinski definition) is 4. The Morgan fingerprint density at radius 3 is 2.91 bits per heavy atom. The van der Waals surface area contributed by atoms with Crippen molar-refractivity contribution in [1.29, 1.82) is 0 Å². The number of benzene rings is 1. The Hall–Kier alpha value is -2.24. The monoisotopic (exact) mass is 304 g/mol. The Balaban J connectivity index is 1.57. The van der Waals surface area contributed by atoms with Gasteiger partial charge in [-0.1, -0.05) is 30.3 Å². The van der Waals surface area contributed by atoms with Crippen LogP contribution in [0.5, 0.6) is 0 Å². The molecule has 0 saturated carbocycles. The van der Waals surface area contributed by atoms with E-state index >= 15 is 0 Å². The SMILES string of the molecule is O=C1N[C@]2(CCCN(C(=O)OCc3ccccc3)C2)CCO1. The second kappa shape index (κ2) is 6.25. The zero-order valence-corrected chi connectivity index (χ0v) is 12.4. The van der Waals surface area contributed by atoms with E-state index in [1.807, 2.05) is 30.3 Å². The highest BCUT2D eigenvalue weighted by Gasteiger charge is 2.41. The summed E-state index contributed by atoms with van der Waals surface area (Å²) >= 11 is 0. The number of ether oxygens (including phenoxy) is 2. The average molecular weight is 304 g/mol. The van der Waals surface area contributed by atoms with Crippen LogP contribution in [0.1, 0.15) is 24.8 Å². The third kappa shape index (κ3) is 3.32. The average Bonchev–Trinajstić information content (AvgIpc) is 2.53. The summed E-state index contributed by atoms with van der Waals surface area (Å²) in [6.07, 6.45) is 1.71. The van der Waals surface area contributed by atoms with E-state index in [1.165, 1.54) is 0 Å². The molecule has 0 aromatic heterocycles. The Bertz CT molecular complexity index is 544. The molecule has 118 valence electrons. The number of rotatable bonds is 2. The quantitative estimate of drug-likeness (QED) is 0.910. The molecule has 0 bridgehead atoms. The number of cyclic esters (lactones) is 1. The second-order valence-corrected chi connectivity index (χ2v) is 5.86. The molecule has 1 spiro atoms. The highest BCUT2D eigenvalue weighted by Crippen LogP contribution is 2.27. The Labute approximate surface area is 129 Å². The minimum atomic E-state index is -0.397. The maximum atomic E-state index is 12.2. The maximum absolute atomic E-state index is 12.2. The van der Waals surface area contributed by atoms with E-state index in [1.54, 1.807) is 4.90 Å². The van der Waals surface area contributed by atoms with Gasteiger partial charge in [-0.05, 0) is 18.4 Å². The van der Waals surface area contributed by atoms with Crippen molar-refractivity contribution in [3.8, 4) is 0 Å². The molecule has 2 heterocycles.